The molecule has 0 radical (unpaired) electrons. The van der Waals surface area contributed by atoms with Gasteiger partial charge in [0.25, 0.3) is 0 Å². The molecule has 3 rings (SSSR count). The summed E-state index contributed by atoms with van der Waals surface area (Å²) in [5.74, 6) is 0.00783. The fourth-order valence-corrected chi connectivity index (χ4v) is 2.70. The maximum atomic E-state index is 12.2. The molecule has 1 aromatic carbocycles. The summed E-state index contributed by atoms with van der Waals surface area (Å²) >= 11 is 0. The van der Waals surface area contributed by atoms with Crippen LogP contribution in [-0.2, 0) is 11.2 Å². The molecule has 2 heterocycles. The third-order valence-electron chi connectivity index (χ3n) is 3.93. The summed E-state index contributed by atoms with van der Waals surface area (Å²) in [6.07, 6.45) is 2.18. The first kappa shape index (κ1) is 13.1. The van der Waals surface area contributed by atoms with Crippen LogP contribution < -0.4 is 10.6 Å². The number of aromatic nitrogens is 1. The minimum absolute atomic E-state index is 0.00783. The Morgan fingerprint density at radius 1 is 1.40 bits per heavy atom. The molecule has 20 heavy (non-hydrogen) atoms. The van der Waals surface area contributed by atoms with Gasteiger partial charge in [-0.25, -0.2) is 0 Å². The summed E-state index contributed by atoms with van der Waals surface area (Å²) in [4.78, 5) is 12.2. The second-order valence-corrected chi connectivity index (χ2v) is 5.66. The van der Waals surface area contributed by atoms with E-state index in [-0.39, 0.29) is 17.9 Å². The zero-order chi connectivity index (χ0) is 14.0. The minimum atomic E-state index is -0.109. The van der Waals surface area contributed by atoms with E-state index in [4.69, 9.17) is 4.52 Å². The Morgan fingerprint density at radius 2 is 2.15 bits per heavy atom. The van der Waals surface area contributed by atoms with E-state index < -0.39 is 0 Å². The quantitative estimate of drug-likeness (QED) is 0.892. The SMILES string of the molecule is CC1(NC(=O)Cc2noc3ccccc23)CCNCC1. The van der Waals surface area contributed by atoms with Gasteiger partial charge in [0.05, 0.1) is 6.42 Å². The first-order chi connectivity index (χ1) is 9.66. The van der Waals surface area contributed by atoms with Crippen molar-refractivity contribution in [2.75, 3.05) is 13.1 Å². The van der Waals surface area contributed by atoms with Gasteiger partial charge in [-0.3, -0.25) is 4.79 Å². The molecule has 1 aliphatic heterocycles. The number of carbonyl (C=O) groups excluding carboxylic acids is 1. The van der Waals surface area contributed by atoms with Crippen molar-refractivity contribution in [1.29, 1.82) is 0 Å². The molecule has 0 aliphatic carbocycles. The molecule has 1 aromatic heterocycles. The summed E-state index contributed by atoms with van der Waals surface area (Å²) < 4.78 is 5.23. The molecule has 5 heteroatoms. The van der Waals surface area contributed by atoms with Gasteiger partial charge >= 0.3 is 0 Å². The molecule has 106 valence electrons. The zero-order valence-electron chi connectivity index (χ0n) is 11.6. The van der Waals surface area contributed by atoms with Crippen molar-refractivity contribution in [3.05, 3.63) is 30.0 Å². The minimum Gasteiger partial charge on any atom is -0.356 e. The molecule has 2 N–H and O–H groups in total. The molecule has 2 aromatic rings. The Bertz CT molecular complexity index is 614. The lowest BCUT2D eigenvalue weighted by Gasteiger charge is -2.34. The first-order valence-electron chi connectivity index (χ1n) is 7.01. The van der Waals surface area contributed by atoms with Gasteiger partial charge in [0.2, 0.25) is 5.91 Å². The van der Waals surface area contributed by atoms with Gasteiger partial charge in [0, 0.05) is 10.9 Å². The van der Waals surface area contributed by atoms with E-state index in [1.165, 1.54) is 0 Å². The van der Waals surface area contributed by atoms with Crippen LogP contribution in [0, 0.1) is 0 Å². The molecule has 1 saturated heterocycles. The average molecular weight is 273 g/mol. The number of amides is 1. The van der Waals surface area contributed by atoms with Crippen molar-refractivity contribution in [3.63, 3.8) is 0 Å². The highest BCUT2D eigenvalue weighted by Crippen LogP contribution is 2.20. The molecular formula is C15H19N3O2. The highest BCUT2D eigenvalue weighted by atomic mass is 16.5. The first-order valence-corrected chi connectivity index (χ1v) is 7.01. The Morgan fingerprint density at radius 3 is 2.95 bits per heavy atom. The Balaban J connectivity index is 1.69. The van der Waals surface area contributed by atoms with E-state index in [2.05, 4.69) is 22.7 Å². The van der Waals surface area contributed by atoms with E-state index in [1.54, 1.807) is 0 Å². The highest BCUT2D eigenvalue weighted by molar-refractivity contribution is 5.86. The van der Waals surface area contributed by atoms with Gasteiger partial charge in [-0.1, -0.05) is 17.3 Å². The number of hydrogen-bond donors (Lipinski definition) is 2. The number of nitrogens with zero attached hydrogens (tertiary/aromatic N) is 1. The molecule has 0 saturated carbocycles. The maximum Gasteiger partial charge on any atom is 0.226 e. The Labute approximate surface area is 117 Å². The van der Waals surface area contributed by atoms with Crippen LogP contribution in [0.3, 0.4) is 0 Å². The smallest absolute Gasteiger partial charge is 0.226 e. The highest BCUT2D eigenvalue weighted by Gasteiger charge is 2.28. The van der Waals surface area contributed by atoms with Crippen molar-refractivity contribution in [2.24, 2.45) is 0 Å². The predicted molar refractivity (Wildman–Crippen MR) is 76.4 cm³/mol. The van der Waals surface area contributed by atoms with E-state index in [1.807, 2.05) is 24.3 Å². The molecule has 5 nitrogen and oxygen atoms in total. The van der Waals surface area contributed by atoms with Crippen LogP contribution in [0.1, 0.15) is 25.5 Å². The third kappa shape index (κ3) is 2.67. The standard InChI is InChI=1S/C15H19N3O2/c1-15(6-8-16-9-7-15)17-14(19)10-12-11-4-2-3-5-13(11)20-18-12/h2-5,16H,6-10H2,1H3,(H,17,19). The Hall–Kier alpha value is -1.88. The summed E-state index contributed by atoms with van der Waals surface area (Å²) in [7, 11) is 0. The molecular weight excluding hydrogens is 254 g/mol. The van der Waals surface area contributed by atoms with Gasteiger partial charge < -0.3 is 15.2 Å². The normalized spacial score (nSPS) is 18.1. The van der Waals surface area contributed by atoms with Crippen LogP contribution in [0.25, 0.3) is 11.0 Å². The average Bonchev–Trinajstić information content (AvgIpc) is 2.82. The van der Waals surface area contributed by atoms with Crippen LogP contribution >= 0.6 is 0 Å². The Kier molecular flexibility index (Phi) is 3.44. The lowest BCUT2D eigenvalue weighted by atomic mass is 9.90. The fourth-order valence-electron chi connectivity index (χ4n) is 2.70. The summed E-state index contributed by atoms with van der Waals surface area (Å²) in [5, 5.41) is 11.4. The van der Waals surface area contributed by atoms with Gasteiger partial charge in [-0.15, -0.1) is 0 Å². The number of benzene rings is 1. The largest absolute Gasteiger partial charge is 0.356 e. The van der Waals surface area contributed by atoms with E-state index in [9.17, 15) is 4.79 Å². The number of nitrogens with one attached hydrogen (secondary N) is 2. The van der Waals surface area contributed by atoms with Crippen molar-refractivity contribution < 1.29 is 9.32 Å². The van der Waals surface area contributed by atoms with Gasteiger partial charge in [0.15, 0.2) is 5.58 Å². The summed E-state index contributed by atoms with van der Waals surface area (Å²) in [5.41, 5.74) is 1.32. The molecule has 1 aliphatic rings. The van der Waals surface area contributed by atoms with Crippen molar-refractivity contribution in [3.8, 4) is 0 Å². The van der Waals surface area contributed by atoms with Crippen molar-refractivity contribution >= 4 is 16.9 Å². The maximum absolute atomic E-state index is 12.2. The van der Waals surface area contributed by atoms with Gasteiger partial charge in [-0.05, 0) is 45.0 Å². The molecule has 1 amide bonds. The van der Waals surface area contributed by atoms with Crippen molar-refractivity contribution in [2.45, 2.75) is 31.7 Å². The van der Waals surface area contributed by atoms with E-state index in [0.717, 1.165) is 36.9 Å². The van der Waals surface area contributed by atoms with Crippen molar-refractivity contribution in [1.82, 2.24) is 15.8 Å². The molecule has 0 bridgehead atoms. The van der Waals surface area contributed by atoms with Crippen LogP contribution in [0.2, 0.25) is 0 Å². The van der Waals surface area contributed by atoms with Crippen LogP contribution in [0.15, 0.2) is 28.8 Å². The molecule has 0 unspecified atom stereocenters. The fraction of sp³-hybridized carbons (Fsp3) is 0.467. The molecule has 1 fully saturated rings. The van der Waals surface area contributed by atoms with Gasteiger partial charge in [0.1, 0.15) is 5.69 Å². The lowest BCUT2D eigenvalue weighted by Crippen LogP contribution is -2.52. The number of piperidine rings is 1. The third-order valence-corrected chi connectivity index (χ3v) is 3.93. The molecule has 0 atom stereocenters. The molecule has 0 spiro atoms. The topological polar surface area (TPSA) is 67.2 Å². The van der Waals surface area contributed by atoms with Crippen LogP contribution in [0.4, 0.5) is 0 Å². The lowest BCUT2D eigenvalue weighted by molar-refractivity contribution is -0.122. The van der Waals surface area contributed by atoms with Gasteiger partial charge in [-0.2, -0.15) is 0 Å². The van der Waals surface area contributed by atoms with Crippen LogP contribution in [0.5, 0.6) is 0 Å². The number of para-hydroxylation sites is 1. The summed E-state index contributed by atoms with van der Waals surface area (Å²) in [6.45, 7) is 4.00. The number of hydrogen-bond acceptors (Lipinski definition) is 4. The monoisotopic (exact) mass is 273 g/mol. The number of fused-ring (bicyclic) bond motifs is 1. The van der Waals surface area contributed by atoms with E-state index in [0.29, 0.717) is 5.69 Å². The van der Waals surface area contributed by atoms with E-state index >= 15 is 0 Å². The second kappa shape index (κ2) is 5.25. The second-order valence-electron chi connectivity index (χ2n) is 5.66. The van der Waals surface area contributed by atoms with Crippen LogP contribution in [-0.4, -0.2) is 29.7 Å². The predicted octanol–water partition coefficient (Wildman–Crippen LogP) is 1.63. The zero-order valence-corrected chi connectivity index (χ0v) is 11.6. The number of rotatable bonds is 3. The summed E-state index contributed by atoms with van der Waals surface area (Å²) in [6, 6.07) is 7.61. The number of carbonyl (C=O) groups is 1.